The molecule has 1 saturated carbocycles. The van der Waals surface area contributed by atoms with Gasteiger partial charge in [0.15, 0.2) is 0 Å². The van der Waals surface area contributed by atoms with Crippen LogP contribution in [0.3, 0.4) is 0 Å². The summed E-state index contributed by atoms with van der Waals surface area (Å²) in [4.78, 5) is 0. The van der Waals surface area contributed by atoms with Gasteiger partial charge in [-0.2, -0.15) is 0 Å². The quantitative estimate of drug-likeness (QED) is 0.840. The van der Waals surface area contributed by atoms with E-state index in [1.807, 2.05) is 18.2 Å². The molecule has 1 aliphatic rings. The molecule has 0 aliphatic heterocycles. The second-order valence-corrected chi connectivity index (χ2v) is 5.56. The van der Waals surface area contributed by atoms with Crippen molar-refractivity contribution in [3.8, 4) is 0 Å². The highest BCUT2D eigenvalue weighted by Crippen LogP contribution is 2.44. The monoisotopic (exact) mass is 233 g/mol. The molecule has 1 aromatic carbocycles. The molecule has 2 nitrogen and oxygen atoms in total. The molecule has 0 aromatic heterocycles. The summed E-state index contributed by atoms with van der Waals surface area (Å²) in [5.74, 6) is 0.0688. The van der Waals surface area contributed by atoms with Crippen molar-refractivity contribution >= 4 is 0 Å². The first-order valence-electron chi connectivity index (χ1n) is 6.60. The van der Waals surface area contributed by atoms with Crippen molar-refractivity contribution in [2.24, 2.45) is 11.1 Å². The molecule has 0 amide bonds. The van der Waals surface area contributed by atoms with E-state index < -0.39 is 0 Å². The lowest BCUT2D eigenvalue weighted by Crippen LogP contribution is -2.38. The summed E-state index contributed by atoms with van der Waals surface area (Å²) in [7, 11) is 0. The van der Waals surface area contributed by atoms with Gasteiger partial charge in [-0.25, -0.2) is 0 Å². The van der Waals surface area contributed by atoms with Crippen molar-refractivity contribution < 1.29 is 5.11 Å². The fourth-order valence-electron chi connectivity index (χ4n) is 3.11. The molecule has 3 N–H and O–H groups in total. The SMILES string of the molecule is CC1(C(O)C(CN)c2ccccc2)CCCC1. The van der Waals surface area contributed by atoms with Gasteiger partial charge in [0.05, 0.1) is 6.10 Å². The molecule has 0 heterocycles. The highest BCUT2D eigenvalue weighted by Gasteiger charge is 2.40. The summed E-state index contributed by atoms with van der Waals surface area (Å²) in [5.41, 5.74) is 7.09. The molecule has 0 radical (unpaired) electrons. The predicted molar refractivity (Wildman–Crippen MR) is 70.8 cm³/mol. The summed E-state index contributed by atoms with van der Waals surface area (Å²) in [6.07, 6.45) is 4.39. The third-order valence-electron chi connectivity index (χ3n) is 4.32. The van der Waals surface area contributed by atoms with E-state index in [9.17, 15) is 5.11 Å². The average molecular weight is 233 g/mol. The van der Waals surface area contributed by atoms with Crippen molar-refractivity contribution in [3.05, 3.63) is 35.9 Å². The molecule has 0 spiro atoms. The summed E-state index contributed by atoms with van der Waals surface area (Å²) in [5, 5.41) is 10.6. The first-order chi connectivity index (χ1) is 8.17. The van der Waals surface area contributed by atoms with E-state index >= 15 is 0 Å². The second kappa shape index (κ2) is 5.19. The summed E-state index contributed by atoms with van der Waals surface area (Å²) in [6.45, 7) is 2.72. The third kappa shape index (κ3) is 2.53. The molecule has 2 atom stereocenters. The molecule has 17 heavy (non-hydrogen) atoms. The van der Waals surface area contributed by atoms with Gasteiger partial charge in [-0.15, -0.1) is 0 Å². The lowest BCUT2D eigenvalue weighted by molar-refractivity contribution is 0.0213. The van der Waals surface area contributed by atoms with Gasteiger partial charge < -0.3 is 10.8 Å². The van der Waals surface area contributed by atoms with Crippen LogP contribution in [0.15, 0.2) is 30.3 Å². The maximum absolute atomic E-state index is 10.6. The van der Waals surface area contributed by atoms with Gasteiger partial charge in [0, 0.05) is 12.5 Å². The van der Waals surface area contributed by atoms with Gasteiger partial charge in [0.2, 0.25) is 0 Å². The Balaban J connectivity index is 2.18. The van der Waals surface area contributed by atoms with Gasteiger partial charge in [-0.1, -0.05) is 50.1 Å². The molecule has 2 unspecified atom stereocenters. The predicted octanol–water partition coefficient (Wildman–Crippen LogP) is 2.67. The van der Waals surface area contributed by atoms with Crippen molar-refractivity contribution in [2.75, 3.05) is 6.54 Å². The molecule has 1 aromatic rings. The average Bonchev–Trinajstić information content (AvgIpc) is 2.80. The molecule has 94 valence electrons. The van der Waals surface area contributed by atoms with Crippen LogP contribution in [0.4, 0.5) is 0 Å². The van der Waals surface area contributed by atoms with Gasteiger partial charge in [-0.3, -0.25) is 0 Å². The van der Waals surface area contributed by atoms with E-state index in [0.717, 1.165) is 18.4 Å². The standard InChI is InChI=1S/C15H23NO/c1-15(9-5-6-10-15)14(17)13(11-16)12-7-3-2-4-8-12/h2-4,7-8,13-14,17H,5-6,9-11,16H2,1H3. The van der Waals surface area contributed by atoms with Crippen LogP contribution in [0, 0.1) is 5.41 Å². The van der Waals surface area contributed by atoms with E-state index in [1.54, 1.807) is 0 Å². The topological polar surface area (TPSA) is 46.2 Å². The van der Waals surface area contributed by atoms with E-state index in [2.05, 4.69) is 19.1 Å². The summed E-state index contributed by atoms with van der Waals surface area (Å²) < 4.78 is 0. The molecule has 1 fully saturated rings. The van der Waals surface area contributed by atoms with E-state index in [1.165, 1.54) is 12.8 Å². The van der Waals surface area contributed by atoms with E-state index in [0.29, 0.717) is 6.54 Å². The number of nitrogens with two attached hydrogens (primary N) is 1. The van der Waals surface area contributed by atoms with Crippen LogP contribution in [0.2, 0.25) is 0 Å². The Bertz CT molecular complexity index is 343. The van der Waals surface area contributed by atoms with E-state index in [-0.39, 0.29) is 17.4 Å². The Kier molecular flexibility index (Phi) is 3.85. The van der Waals surface area contributed by atoms with Crippen LogP contribution >= 0.6 is 0 Å². The van der Waals surface area contributed by atoms with Crippen LogP contribution in [-0.2, 0) is 0 Å². The minimum absolute atomic E-state index is 0.0554. The van der Waals surface area contributed by atoms with Crippen molar-refractivity contribution in [2.45, 2.75) is 44.6 Å². The molecular weight excluding hydrogens is 210 g/mol. The van der Waals surface area contributed by atoms with Crippen molar-refractivity contribution in [3.63, 3.8) is 0 Å². The van der Waals surface area contributed by atoms with Crippen LogP contribution in [0.1, 0.15) is 44.1 Å². The first kappa shape index (κ1) is 12.6. The fourth-order valence-corrected chi connectivity index (χ4v) is 3.11. The van der Waals surface area contributed by atoms with Gasteiger partial charge in [0.25, 0.3) is 0 Å². The molecule has 0 saturated heterocycles. The zero-order valence-corrected chi connectivity index (χ0v) is 10.6. The Morgan fingerprint density at radius 2 is 1.82 bits per heavy atom. The smallest absolute Gasteiger partial charge is 0.0674 e. The highest BCUT2D eigenvalue weighted by molar-refractivity contribution is 5.22. The maximum atomic E-state index is 10.6. The number of hydrogen-bond donors (Lipinski definition) is 2. The summed E-state index contributed by atoms with van der Waals surface area (Å²) >= 11 is 0. The Morgan fingerprint density at radius 3 is 2.35 bits per heavy atom. The van der Waals surface area contributed by atoms with Crippen LogP contribution in [-0.4, -0.2) is 17.8 Å². The Morgan fingerprint density at radius 1 is 1.24 bits per heavy atom. The number of rotatable bonds is 4. The summed E-state index contributed by atoms with van der Waals surface area (Å²) in [6, 6.07) is 10.2. The van der Waals surface area contributed by atoms with E-state index in [4.69, 9.17) is 5.73 Å². The number of hydrogen-bond acceptors (Lipinski definition) is 2. The number of aliphatic hydroxyl groups excluding tert-OH is 1. The third-order valence-corrected chi connectivity index (χ3v) is 4.32. The maximum Gasteiger partial charge on any atom is 0.0674 e. The molecular formula is C15H23NO. The lowest BCUT2D eigenvalue weighted by atomic mass is 9.74. The van der Waals surface area contributed by atoms with Gasteiger partial charge in [0.1, 0.15) is 0 Å². The number of benzene rings is 1. The first-order valence-corrected chi connectivity index (χ1v) is 6.60. The van der Waals surface area contributed by atoms with Crippen LogP contribution in [0.5, 0.6) is 0 Å². The molecule has 2 rings (SSSR count). The van der Waals surface area contributed by atoms with Crippen molar-refractivity contribution in [1.29, 1.82) is 0 Å². The zero-order chi connectivity index (χ0) is 12.3. The highest BCUT2D eigenvalue weighted by atomic mass is 16.3. The van der Waals surface area contributed by atoms with Gasteiger partial charge >= 0.3 is 0 Å². The van der Waals surface area contributed by atoms with Crippen molar-refractivity contribution in [1.82, 2.24) is 0 Å². The fraction of sp³-hybridized carbons (Fsp3) is 0.600. The second-order valence-electron chi connectivity index (χ2n) is 5.56. The van der Waals surface area contributed by atoms with Crippen LogP contribution < -0.4 is 5.73 Å². The largest absolute Gasteiger partial charge is 0.392 e. The minimum atomic E-state index is -0.322. The normalized spacial score (nSPS) is 22.3. The Hall–Kier alpha value is -0.860. The molecule has 0 bridgehead atoms. The van der Waals surface area contributed by atoms with Gasteiger partial charge in [-0.05, 0) is 23.8 Å². The van der Waals surface area contributed by atoms with Crippen LogP contribution in [0.25, 0.3) is 0 Å². The molecule has 2 heteroatoms. The number of aliphatic hydroxyl groups is 1. The minimum Gasteiger partial charge on any atom is -0.392 e. The lowest BCUT2D eigenvalue weighted by Gasteiger charge is -2.35. The Labute approximate surface area is 104 Å². The molecule has 1 aliphatic carbocycles. The zero-order valence-electron chi connectivity index (χ0n) is 10.6.